The van der Waals surface area contributed by atoms with E-state index in [-0.39, 0.29) is 28.0 Å². The molecule has 11 heteroatoms. The number of anilines is 2. The van der Waals surface area contributed by atoms with E-state index in [4.69, 9.17) is 0 Å². The third kappa shape index (κ3) is 5.60. The zero-order valence-corrected chi connectivity index (χ0v) is 19.5. The van der Waals surface area contributed by atoms with Crippen molar-refractivity contribution in [2.75, 3.05) is 24.3 Å². The summed E-state index contributed by atoms with van der Waals surface area (Å²) >= 11 is 1.07. The predicted octanol–water partition coefficient (Wildman–Crippen LogP) is 3.79. The van der Waals surface area contributed by atoms with Gasteiger partial charge in [0.25, 0.3) is 11.2 Å². The van der Waals surface area contributed by atoms with Gasteiger partial charge < -0.3 is 15.2 Å². The summed E-state index contributed by atoms with van der Waals surface area (Å²) in [5.41, 5.74) is 1.45. The number of nitriles is 1. The molecule has 1 aromatic heterocycles. The number of rotatable bonds is 8. The molecule has 174 valence electrons. The molecule has 0 fully saturated rings. The molecular formula is C23H22N6O4S. The highest BCUT2D eigenvalue weighted by Gasteiger charge is 2.22. The molecule has 10 nitrogen and oxygen atoms in total. The molecule has 0 saturated heterocycles. The zero-order chi connectivity index (χ0) is 24.8. The molecule has 0 aliphatic carbocycles. The van der Waals surface area contributed by atoms with Crippen molar-refractivity contribution in [3.8, 4) is 17.3 Å². The van der Waals surface area contributed by atoms with Crippen LogP contribution in [-0.2, 0) is 4.79 Å². The number of nitrogens with one attached hydrogen (secondary N) is 2. The van der Waals surface area contributed by atoms with Gasteiger partial charge in [0.1, 0.15) is 11.6 Å². The van der Waals surface area contributed by atoms with E-state index in [1.807, 2.05) is 44.1 Å². The molecule has 0 bridgehead atoms. The highest BCUT2D eigenvalue weighted by atomic mass is 32.2. The van der Waals surface area contributed by atoms with E-state index in [1.165, 1.54) is 24.3 Å². The lowest BCUT2D eigenvalue weighted by molar-refractivity contribution is -0.384. The van der Waals surface area contributed by atoms with Crippen LogP contribution in [0.5, 0.6) is 0 Å². The second-order valence-corrected chi connectivity index (χ2v) is 8.65. The Bertz CT molecular complexity index is 1300. The van der Waals surface area contributed by atoms with Crippen molar-refractivity contribution in [3.63, 3.8) is 0 Å². The molecule has 1 amide bonds. The van der Waals surface area contributed by atoms with E-state index < -0.39 is 15.7 Å². The number of carbonyl (C=O) groups excluding carboxylic acids is 1. The van der Waals surface area contributed by atoms with E-state index in [1.54, 1.807) is 12.1 Å². The van der Waals surface area contributed by atoms with Gasteiger partial charge in [0.05, 0.1) is 15.9 Å². The Morgan fingerprint density at radius 3 is 2.41 bits per heavy atom. The number of nitro groups is 1. The molecule has 1 atom stereocenters. The lowest BCUT2D eigenvalue weighted by atomic mass is 10.1. The summed E-state index contributed by atoms with van der Waals surface area (Å²) in [4.78, 5) is 44.6. The second kappa shape index (κ2) is 10.6. The number of thioether (sulfide) groups is 1. The average molecular weight is 479 g/mol. The standard InChI is InChI=1S/C23H22N6O4S/c1-4-19(22(31)25-15-7-11-17(12-8-15)29(32)33)34-23-26-20(18(13-24)21(30)27-23)14-5-9-16(10-6-14)28(2)3/h5-12,19H,4H2,1-3H3,(H,25,31)(H,26,27,30). The van der Waals surface area contributed by atoms with Crippen LogP contribution in [0.4, 0.5) is 17.1 Å². The summed E-state index contributed by atoms with van der Waals surface area (Å²) in [6.45, 7) is 1.82. The first kappa shape index (κ1) is 24.5. The van der Waals surface area contributed by atoms with Crippen molar-refractivity contribution in [3.05, 3.63) is 74.6 Å². The van der Waals surface area contributed by atoms with Crippen molar-refractivity contribution in [2.45, 2.75) is 23.8 Å². The first-order valence-corrected chi connectivity index (χ1v) is 11.2. The molecule has 34 heavy (non-hydrogen) atoms. The second-order valence-electron chi connectivity index (χ2n) is 7.46. The first-order valence-electron chi connectivity index (χ1n) is 10.3. The van der Waals surface area contributed by atoms with Crippen LogP contribution in [0.1, 0.15) is 18.9 Å². The van der Waals surface area contributed by atoms with Gasteiger partial charge in [-0.1, -0.05) is 30.8 Å². The Balaban J connectivity index is 1.85. The maximum Gasteiger partial charge on any atom is 0.270 e. The van der Waals surface area contributed by atoms with Crippen LogP contribution in [-0.4, -0.2) is 40.1 Å². The van der Waals surface area contributed by atoms with Crippen LogP contribution in [0.2, 0.25) is 0 Å². The van der Waals surface area contributed by atoms with Crippen molar-refractivity contribution in [1.29, 1.82) is 5.26 Å². The smallest absolute Gasteiger partial charge is 0.270 e. The Kier molecular flexibility index (Phi) is 7.65. The normalized spacial score (nSPS) is 11.4. The number of amides is 1. The fraction of sp³-hybridized carbons (Fsp3) is 0.217. The molecule has 0 aliphatic heterocycles. The van der Waals surface area contributed by atoms with E-state index >= 15 is 0 Å². The number of hydrogen-bond acceptors (Lipinski definition) is 8. The van der Waals surface area contributed by atoms with Crippen molar-refractivity contribution >= 4 is 34.7 Å². The summed E-state index contributed by atoms with van der Waals surface area (Å²) in [5, 5.41) is 22.6. The van der Waals surface area contributed by atoms with Gasteiger partial charge in [0, 0.05) is 43.2 Å². The van der Waals surface area contributed by atoms with Crippen molar-refractivity contribution < 1.29 is 9.72 Å². The number of non-ortho nitro benzene ring substituents is 1. The number of nitro benzene ring substituents is 1. The molecule has 0 radical (unpaired) electrons. The van der Waals surface area contributed by atoms with Gasteiger partial charge in [-0.15, -0.1) is 0 Å². The van der Waals surface area contributed by atoms with E-state index in [0.717, 1.165) is 17.4 Å². The number of hydrogen-bond donors (Lipinski definition) is 2. The van der Waals surface area contributed by atoms with Gasteiger partial charge in [-0.3, -0.25) is 19.7 Å². The average Bonchev–Trinajstić information content (AvgIpc) is 2.82. The fourth-order valence-electron chi connectivity index (χ4n) is 3.08. The fourth-order valence-corrected chi connectivity index (χ4v) is 3.98. The highest BCUT2D eigenvalue weighted by molar-refractivity contribution is 8.00. The molecule has 3 rings (SSSR count). The van der Waals surface area contributed by atoms with Gasteiger partial charge in [0.15, 0.2) is 5.16 Å². The minimum Gasteiger partial charge on any atom is -0.378 e. The summed E-state index contributed by atoms with van der Waals surface area (Å²) in [7, 11) is 3.81. The maximum atomic E-state index is 12.8. The van der Waals surface area contributed by atoms with E-state index in [0.29, 0.717) is 17.7 Å². The minimum absolute atomic E-state index is 0.0788. The number of aromatic amines is 1. The summed E-state index contributed by atoms with van der Waals surface area (Å²) in [5.74, 6) is -0.342. The van der Waals surface area contributed by atoms with E-state index in [2.05, 4.69) is 15.3 Å². The summed E-state index contributed by atoms with van der Waals surface area (Å²) in [6.07, 6.45) is 0.431. The quantitative estimate of drug-likeness (QED) is 0.215. The molecule has 2 N–H and O–H groups in total. The van der Waals surface area contributed by atoms with Gasteiger partial charge >= 0.3 is 0 Å². The molecule has 3 aromatic rings. The Morgan fingerprint density at radius 1 is 1.24 bits per heavy atom. The Hall–Kier alpha value is -4.17. The van der Waals surface area contributed by atoms with Crippen molar-refractivity contribution in [2.24, 2.45) is 0 Å². The number of benzene rings is 2. The highest BCUT2D eigenvalue weighted by Crippen LogP contribution is 2.28. The first-order chi connectivity index (χ1) is 16.2. The van der Waals surface area contributed by atoms with Gasteiger partial charge in [-0.05, 0) is 30.7 Å². The monoisotopic (exact) mass is 478 g/mol. The van der Waals surface area contributed by atoms with Crippen LogP contribution in [0.25, 0.3) is 11.3 Å². The predicted molar refractivity (Wildman–Crippen MR) is 131 cm³/mol. The number of carbonyl (C=O) groups is 1. The Morgan fingerprint density at radius 2 is 1.88 bits per heavy atom. The molecule has 2 aromatic carbocycles. The molecule has 0 aliphatic rings. The largest absolute Gasteiger partial charge is 0.378 e. The number of aromatic nitrogens is 2. The topological polar surface area (TPSA) is 145 Å². The van der Waals surface area contributed by atoms with Crippen LogP contribution in [0.15, 0.2) is 58.5 Å². The molecule has 1 unspecified atom stereocenters. The summed E-state index contributed by atoms with van der Waals surface area (Å²) in [6, 6.07) is 14.7. The number of nitrogens with zero attached hydrogens (tertiary/aromatic N) is 4. The van der Waals surface area contributed by atoms with Crippen LogP contribution in [0, 0.1) is 21.4 Å². The van der Waals surface area contributed by atoms with Crippen molar-refractivity contribution in [1.82, 2.24) is 9.97 Å². The third-order valence-corrected chi connectivity index (χ3v) is 6.18. The molecule has 1 heterocycles. The lowest BCUT2D eigenvalue weighted by Crippen LogP contribution is -2.25. The van der Waals surface area contributed by atoms with E-state index in [9.17, 15) is 25.0 Å². The van der Waals surface area contributed by atoms with Crippen LogP contribution in [0.3, 0.4) is 0 Å². The van der Waals surface area contributed by atoms with Gasteiger partial charge in [-0.25, -0.2) is 4.98 Å². The van der Waals surface area contributed by atoms with Crippen LogP contribution >= 0.6 is 11.8 Å². The summed E-state index contributed by atoms with van der Waals surface area (Å²) < 4.78 is 0. The van der Waals surface area contributed by atoms with Gasteiger partial charge in [-0.2, -0.15) is 5.26 Å². The van der Waals surface area contributed by atoms with Gasteiger partial charge in [0.2, 0.25) is 5.91 Å². The SMILES string of the molecule is CCC(Sc1nc(-c2ccc(N(C)C)cc2)c(C#N)c(=O)[nH]1)C(=O)Nc1ccc([N+](=O)[O-])cc1. The number of H-pyrrole nitrogens is 1. The zero-order valence-electron chi connectivity index (χ0n) is 18.7. The molecule has 0 spiro atoms. The van der Waals surface area contributed by atoms with Crippen LogP contribution < -0.4 is 15.8 Å². The molecular weight excluding hydrogens is 456 g/mol. The Labute approximate surface area is 199 Å². The third-order valence-electron chi connectivity index (χ3n) is 4.93. The lowest BCUT2D eigenvalue weighted by Gasteiger charge is -2.15. The maximum absolute atomic E-state index is 12.8. The molecule has 0 saturated carbocycles. The minimum atomic E-state index is -0.602.